The Hall–Kier alpha value is -5.16. The van der Waals surface area contributed by atoms with E-state index in [0.29, 0.717) is 0 Å². The molecule has 4 aromatic carbocycles. The van der Waals surface area contributed by atoms with Crippen molar-refractivity contribution in [2.75, 3.05) is 4.90 Å². The average molecular weight is 478 g/mol. The number of fused-ring (bicyclic) bond motifs is 7. The van der Waals surface area contributed by atoms with Gasteiger partial charge in [0.25, 0.3) is 0 Å². The van der Waals surface area contributed by atoms with Crippen LogP contribution in [0.25, 0.3) is 54.6 Å². The zero-order valence-electron chi connectivity index (χ0n) is 19.6. The summed E-state index contributed by atoms with van der Waals surface area (Å²) in [5.41, 5.74) is 6.39. The molecule has 8 aromatic rings. The summed E-state index contributed by atoms with van der Waals surface area (Å²) in [6, 6.07) is 31.4. The molecule has 0 fully saturated rings. The first kappa shape index (κ1) is 20.1. The summed E-state index contributed by atoms with van der Waals surface area (Å²) < 4.78 is 12.3. The van der Waals surface area contributed by atoms with Gasteiger partial charge in [-0.25, -0.2) is 0 Å². The maximum Gasteiger partial charge on any atom is 0.153 e. The second kappa shape index (κ2) is 7.67. The van der Waals surface area contributed by atoms with Crippen LogP contribution in [-0.4, -0.2) is 9.97 Å². The minimum absolute atomic E-state index is 0.769. The monoisotopic (exact) mass is 477 g/mol. The molecule has 0 spiro atoms. The molecule has 5 nitrogen and oxygen atoms in total. The number of anilines is 3. The third-order valence-electron chi connectivity index (χ3n) is 7.04. The Bertz CT molecular complexity index is 2120. The van der Waals surface area contributed by atoms with Gasteiger partial charge in [0, 0.05) is 45.8 Å². The Morgan fingerprint density at radius 1 is 0.514 bits per heavy atom. The molecular weight excluding hydrogens is 458 g/mol. The van der Waals surface area contributed by atoms with Gasteiger partial charge in [-0.2, -0.15) is 0 Å². The van der Waals surface area contributed by atoms with Gasteiger partial charge < -0.3 is 13.7 Å². The lowest BCUT2D eigenvalue weighted by molar-refractivity contribution is 0.667. The van der Waals surface area contributed by atoms with Crippen molar-refractivity contribution in [1.29, 1.82) is 0 Å². The molecule has 8 rings (SSSR count). The average Bonchev–Trinajstić information content (AvgIpc) is 3.52. The fourth-order valence-electron chi connectivity index (χ4n) is 5.41. The van der Waals surface area contributed by atoms with E-state index < -0.39 is 0 Å². The van der Waals surface area contributed by atoms with Gasteiger partial charge in [-0.05, 0) is 53.9 Å². The lowest BCUT2D eigenvalue weighted by atomic mass is 10.0. The van der Waals surface area contributed by atoms with Crippen LogP contribution in [0.1, 0.15) is 0 Å². The summed E-state index contributed by atoms with van der Waals surface area (Å²) in [4.78, 5) is 10.9. The van der Waals surface area contributed by atoms with E-state index in [-0.39, 0.29) is 0 Å². The van der Waals surface area contributed by atoms with Gasteiger partial charge in [-0.15, -0.1) is 0 Å². The summed E-state index contributed by atoms with van der Waals surface area (Å²) in [6.45, 7) is 0. The highest BCUT2D eigenvalue weighted by atomic mass is 16.3. The number of rotatable bonds is 3. The number of hydrogen-bond donors (Lipinski definition) is 0. The number of pyridine rings is 2. The first-order valence-electron chi connectivity index (χ1n) is 12.1. The minimum atomic E-state index is 0.769. The minimum Gasteiger partial charge on any atom is -0.456 e. The molecule has 0 atom stereocenters. The maximum absolute atomic E-state index is 6.21. The van der Waals surface area contributed by atoms with E-state index in [1.807, 2.05) is 42.7 Å². The fraction of sp³-hybridized carbons (Fsp3) is 0. The molecule has 0 aliphatic rings. The van der Waals surface area contributed by atoms with Crippen molar-refractivity contribution < 1.29 is 8.83 Å². The van der Waals surface area contributed by atoms with E-state index in [0.717, 1.165) is 66.3 Å². The SMILES string of the molecule is c1ccc2c(N(c3ccc4oc5ccncc5c4c3)c3cccc4oc5cnccc5c34)cccc2c1. The first-order valence-corrected chi connectivity index (χ1v) is 12.1. The molecule has 0 N–H and O–H groups in total. The van der Waals surface area contributed by atoms with Gasteiger partial charge >= 0.3 is 0 Å². The third kappa shape index (κ3) is 2.98. The molecule has 0 amide bonds. The number of hydrogen-bond acceptors (Lipinski definition) is 5. The Morgan fingerprint density at radius 2 is 1.30 bits per heavy atom. The standard InChI is InChI=1S/C32H19N3O2/c1-2-7-22-20(5-1)6-3-8-26(22)35(21-11-12-28-24(17-21)25-18-33-16-14-29(25)36-28)27-9-4-10-30-32(27)23-13-15-34-19-31(23)37-30/h1-19H. The van der Waals surface area contributed by atoms with Gasteiger partial charge in [0.2, 0.25) is 0 Å². The van der Waals surface area contributed by atoms with Gasteiger partial charge in [0.1, 0.15) is 16.7 Å². The molecule has 4 heterocycles. The topological polar surface area (TPSA) is 55.3 Å². The Morgan fingerprint density at radius 3 is 2.30 bits per heavy atom. The molecular formula is C32H19N3O2. The zero-order valence-corrected chi connectivity index (χ0v) is 19.6. The second-order valence-corrected chi connectivity index (χ2v) is 9.11. The van der Waals surface area contributed by atoms with Crippen LogP contribution in [0.5, 0.6) is 0 Å². The summed E-state index contributed by atoms with van der Waals surface area (Å²) >= 11 is 0. The van der Waals surface area contributed by atoms with Crippen LogP contribution in [0.4, 0.5) is 17.1 Å². The first-order chi connectivity index (χ1) is 18.3. The highest BCUT2D eigenvalue weighted by Gasteiger charge is 2.21. The number of aromatic nitrogens is 2. The summed E-state index contributed by atoms with van der Waals surface area (Å²) in [7, 11) is 0. The van der Waals surface area contributed by atoms with Crippen molar-refractivity contribution in [2.24, 2.45) is 0 Å². The van der Waals surface area contributed by atoms with Crippen LogP contribution in [0.3, 0.4) is 0 Å². The Labute approximate surface area is 211 Å². The van der Waals surface area contributed by atoms with Crippen molar-refractivity contribution in [3.8, 4) is 0 Å². The quantitative estimate of drug-likeness (QED) is 0.254. The van der Waals surface area contributed by atoms with E-state index in [1.165, 1.54) is 5.39 Å². The van der Waals surface area contributed by atoms with E-state index in [1.54, 1.807) is 12.4 Å². The summed E-state index contributed by atoms with van der Waals surface area (Å²) in [5, 5.41) is 6.44. The lowest BCUT2D eigenvalue weighted by Crippen LogP contribution is -2.10. The smallest absolute Gasteiger partial charge is 0.153 e. The molecule has 0 radical (unpaired) electrons. The molecule has 0 bridgehead atoms. The summed E-state index contributed by atoms with van der Waals surface area (Å²) in [6.07, 6.45) is 7.21. The van der Waals surface area contributed by atoms with Gasteiger partial charge in [-0.3, -0.25) is 9.97 Å². The lowest BCUT2D eigenvalue weighted by Gasteiger charge is -2.27. The predicted octanol–water partition coefficient (Wildman–Crippen LogP) is 8.90. The van der Waals surface area contributed by atoms with Crippen LogP contribution < -0.4 is 4.90 Å². The second-order valence-electron chi connectivity index (χ2n) is 9.11. The van der Waals surface area contributed by atoms with Crippen molar-refractivity contribution in [3.63, 3.8) is 0 Å². The fourth-order valence-corrected chi connectivity index (χ4v) is 5.41. The molecule has 0 saturated carbocycles. The number of nitrogens with zero attached hydrogens (tertiary/aromatic N) is 3. The van der Waals surface area contributed by atoms with Crippen molar-refractivity contribution in [1.82, 2.24) is 9.97 Å². The largest absolute Gasteiger partial charge is 0.456 e. The molecule has 0 saturated heterocycles. The molecule has 0 aliphatic heterocycles. The zero-order chi connectivity index (χ0) is 24.3. The van der Waals surface area contributed by atoms with Crippen molar-refractivity contribution in [2.45, 2.75) is 0 Å². The highest BCUT2D eigenvalue weighted by Crippen LogP contribution is 2.45. The van der Waals surface area contributed by atoms with E-state index >= 15 is 0 Å². The maximum atomic E-state index is 6.21. The third-order valence-corrected chi connectivity index (χ3v) is 7.04. The number of furan rings is 2. The number of benzene rings is 4. The Kier molecular flexibility index (Phi) is 4.16. The van der Waals surface area contributed by atoms with Crippen LogP contribution in [0.2, 0.25) is 0 Å². The molecule has 5 heteroatoms. The van der Waals surface area contributed by atoms with Gasteiger partial charge in [0.15, 0.2) is 5.58 Å². The predicted molar refractivity (Wildman–Crippen MR) is 149 cm³/mol. The van der Waals surface area contributed by atoms with Crippen molar-refractivity contribution >= 4 is 71.7 Å². The summed E-state index contributed by atoms with van der Waals surface area (Å²) in [5.74, 6) is 0. The highest BCUT2D eigenvalue weighted by molar-refractivity contribution is 6.15. The molecule has 0 unspecified atom stereocenters. The normalized spacial score (nSPS) is 11.8. The van der Waals surface area contributed by atoms with Crippen LogP contribution >= 0.6 is 0 Å². The van der Waals surface area contributed by atoms with Crippen LogP contribution in [0, 0.1) is 0 Å². The van der Waals surface area contributed by atoms with E-state index in [2.05, 4.69) is 75.5 Å². The van der Waals surface area contributed by atoms with Crippen LogP contribution in [0.15, 0.2) is 125 Å². The molecule has 37 heavy (non-hydrogen) atoms. The molecule has 4 aromatic heterocycles. The van der Waals surface area contributed by atoms with E-state index in [9.17, 15) is 0 Å². The Balaban J connectivity index is 1.49. The van der Waals surface area contributed by atoms with Gasteiger partial charge in [0.05, 0.1) is 23.0 Å². The van der Waals surface area contributed by atoms with Crippen LogP contribution in [-0.2, 0) is 0 Å². The van der Waals surface area contributed by atoms with Gasteiger partial charge in [-0.1, -0.05) is 42.5 Å². The molecule has 174 valence electrons. The molecule has 0 aliphatic carbocycles. The van der Waals surface area contributed by atoms with Crippen molar-refractivity contribution in [3.05, 3.63) is 116 Å². The van der Waals surface area contributed by atoms with E-state index in [4.69, 9.17) is 8.83 Å².